The quantitative estimate of drug-likeness (QED) is 0.767. The van der Waals surface area contributed by atoms with E-state index in [0.717, 1.165) is 25.6 Å². The van der Waals surface area contributed by atoms with E-state index < -0.39 is 0 Å². The van der Waals surface area contributed by atoms with Crippen LogP contribution in [0, 0.1) is 5.92 Å². The molecule has 2 fully saturated rings. The highest BCUT2D eigenvalue weighted by Gasteiger charge is 2.24. The molecule has 0 aromatic carbocycles. The fraction of sp³-hybridized carbons (Fsp3) is 1.00. The average Bonchev–Trinajstić information content (AvgIpc) is 2.96. The Morgan fingerprint density at radius 1 is 1.24 bits per heavy atom. The molecule has 0 spiro atoms. The minimum Gasteiger partial charge on any atom is -0.377 e. The molecule has 0 aliphatic carbocycles. The first kappa shape index (κ1) is 13.3. The lowest BCUT2D eigenvalue weighted by molar-refractivity contribution is 0.105. The molecule has 0 aromatic rings. The lowest BCUT2D eigenvalue weighted by Crippen LogP contribution is -2.45. The predicted molar refractivity (Wildman–Crippen MR) is 71.3 cm³/mol. The Kier molecular flexibility index (Phi) is 5.26. The summed E-state index contributed by atoms with van der Waals surface area (Å²) in [6.07, 6.45) is 5.72. The van der Waals surface area contributed by atoms with Gasteiger partial charge in [-0.2, -0.15) is 0 Å². The molecule has 2 unspecified atom stereocenters. The van der Waals surface area contributed by atoms with Crippen LogP contribution < -0.4 is 5.32 Å². The molecular weight excluding hydrogens is 212 g/mol. The molecule has 0 bridgehead atoms. The molecule has 1 N–H and O–H groups in total. The molecule has 0 aromatic heterocycles. The summed E-state index contributed by atoms with van der Waals surface area (Å²) in [5.41, 5.74) is 0. The van der Waals surface area contributed by atoms with Gasteiger partial charge in [0.2, 0.25) is 0 Å². The minimum absolute atomic E-state index is 0.474. The second-order valence-corrected chi connectivity index (χ2v) is 5.85. The molecule has 17 heavy (non-hydrogen) atoms. The standard InChI is InChI=1S/C14H28N2O/c1-12(2)14(16-7-3-4-8-16)11-15-10-13-6-5-9-17-13/h12-15H,3-11H2,1-2H3. The van der Waals surface area contributed by atoms with Crippen molar-refractivity contribution in [3.8, 4) is 0 Å². The van der Waals surface area contributed by atoms with Gasteiger partial charge in [-0.15, -0.1) is 0 Å². The Morgan fingerprint density at radius 3 is 2.59 bits per heavy atom. The Morgan fingerprint density at radius 2 is 2.00 bits per heavy atom. The molecule has 0 saturated carbocycles. The summed E-state index contributed by atoms with van der Waals surface area (Å²) < 4.78 is 5.64. The Labute approximate surface area is 106 Å². The van der Waals surface area contributed by atoms with Crippen molar-refractivity contribution in [2.75, 3.05) is 32.8 Å². The van der Waals surface area contributed by atoms with Crippen molar-refractivity contribution in [2.45, 2.75) is 51.7 Å². The lowest BCUT2D eigenvalue weighted by atomic mass is 10.0. The van der Waals surface area contributed by atoms with E-state index in [-0.39, 0.29) is 0 Å². The van der Waals surface area contributed by atoms with Gasteiger partial charge in [-0.05, 0) is 44.7 Å². The average molecular weight is 240 g/mol. The topological polar surface area (TPSA) is 24.5 Å². The maximum Gasteiger partial charge on any atom is 0.0700 e. The van der Waals surface area contributed by atoms with E-state index in [2.05, 4.69) is 24.1 Å². The second kappa shape index (κ2) is 6.72. The van der Waals surface area contributed by atoms with Crippen molar-refractivity contribution in [3.05, 3.63) is 0 Å². The summed E-state index contributed by atoms with van der Waals surface area (Å²) in [4.78, 5) is 2.66. The molecule has 2 heterocycles. The molecule has 2 aliphatic heterocycles. The van der Waals surface area contributed by atoms with Gasteiger partial charge in [0, 0.05) is 25.7 Å². The van der Waals surface area contributed by atoms with Crippen molar-refractivity contribution in [1.82, 2.24) is 10.2 Å². The van der Waals surface area contributed by atoms with Crippen LogP contribution in [-0.2, 0) is 4.74 Å². The van der Waals surface area contributed by atoms with Gasteiger partial charge in [0.1, 0.15) is 0 Å². The van der Waals surface area contributed by atoms with Crippen LogP contribution in [0.1, 0.15) is 39.5 Å². The summed E-state index contributed by atoms with van der Waals surface area (Å²) in [5, 5.41) is 3.62. The molecule has 100 valence electrons. The third-order valence-electron chi connectivity index (χ3n) is 4.13. The number of hydrogen-bond acceptors (Lipinski definition) is 3. The van der Waals surface area contributed by atoms with E-state index in [9.17, 15) is 0 Å². The normalized spacial score (nSPS) is 28.1. The lowest BCUT2D eigenvalue weighted by Gasteiger charge is -2.31. The van der Waals surface area contributed by atoms with Crippen LogP contribution in [0.2, 0.25) is 0 Å². The number of ether oxygens (including phenoxy) is 1. The van der Waals surface area contributed by atoms with Crippen LogP contribution in [0.4, 0.5) is 0 Å². The maximum absolute atomic E-state index is 5.64. The summed E-state index contributed by atoms with van der Waals surface area (Å²) >= 11 is 0. The Bertz CT molecular complexity index is 208. The third-order valence-corrected chi connectivity index (χ3v) is 4.13. The first-order valence-corrected chi connectivity index (χ1v) is 7.33. The van der Waals surface area contributed by atoms with Crippen LogP contribution >= 0.6 is 0 Å². The molecular formula is C14H28N2O. The largest absolute Gasteiger partial charge is 0.377 e. The third kappa shape index (κ3) is 3.94. The SMILES string of the molecule is CC(C)C(CNCC1CCCO1)N1CCCC1. The summed E-state index contributed by atoms with van der Waals surface area (Å²) in [6, 6.07) is 0.707. The van der Waals surface area contributed by atoms with E-state index in [0.29, 0.717) is 12.1 Å². The number of likely N-dealkylation sites (tertiary alicyclic amines) is 1. The van der Waals surface area contributed by atoms with Gasteiger partial charge in [-0.1, -0.05) is 13.8 Å². The van der Waals surface area contributed by atoms with Crippen LogP contribution in [0.25, 0.3) is 0 Å². The fourth-order valence-corrected chi connectivity index (χ4v) is 3.06. The smallest absolute Gasteiger partial charge is 0.0700 e. The highest BCUT2D eigenvalue weighted by molar-refractivity contribution is 4.81. The molecule has 2 atom stereocenters. The first-order valence-electron chi connectivity index (χ1n) is 7.33. The van der Waals surface area contributed by atoms with E-state index in [1.54, 1.807) is 0 Å². The fourth-order valence-electron chi connectivity index (χ4n) is 3.06. The molecule has 0 radical (unpaired) electrons. The van der Waals surface area contributed by atoms with Crippen molar-refractivity contribution >= 4 is 0 Å². The number of rotatable bonds is 6. The van der Waals surface area contributed by atoms with Gasteiger partial charge in [-0.25, -0.2) is 0 Å². The van der Waals surface area contributed by atoms with Gasteiger partial charge < -0.3 is 10.1 Å². The molecule has 3 heteroatoms. The van der Waals surface area contributed by atoms with Gasteiger partial charge >= 0.3 is 0 Å². The van der Waals surface area contributed by atoms with Crippen molar-refractivity contribution in [2.24, 2.45) is 5.92 Å². The zero-order chi connectivity index (χ0) is 12.1. The Balaban J connectivity index is 1.69. The minimum atomic E-state index is 0.474. The maximum atomic E-state index is 5.64. The number of hydrogen-bond donors (Lipinski definition) is 1. The van der Waals surface area contributed by atoms with Gasteiger partial charge in [0.25, 0.3) is 0 Å². The van der Waals surface area contributed by atoms with Gasteiger partial charge in [-0.3, -0.25) is 4.90 Å². The van der Waals surface area contributed by atoms with Crippen LogP contribution in [0.3, 0.4) is 0 Å². The first-order chi connectivity index (χ1) is 8.27. The van der Waals surface area contributed by atoms with Crippen molar-refractivity contribution in [1.29, 1.82) is 0 Å². The Hall–Kier alpha value is -0.120. The van der Waals surface area contributed by atoms with Crippen LogP contribution in [0.15, 0.2) is 0 Å². The highest BCUT2D eigenvalue weighted by atomic mass is 16.5. The van der Waals surface area contributed by atoms with E-state index >= 15 is 0 Å². The second-order valence-electron chi connectivity index (χ2n) is 5.85. The van der Waals surface area contributed by atoms with Crippen molar-refractivity contribution in [3.63, 3.8) is 0 Å². The van der Waals surface area contributed by atoms with Crippen LogP contribution in [0.5, 0.6) is 0 Å². The van der Waals surface area contributed by atoms with E-state index in [1.165, 1.54) is 38.8 Å². The van der Waals surface area contributed by atoms with Gasteiger partial charge in [0.05, 0.1) is 6.10 Å². The zero-order valence-corrected chi connectivity index (χ0v) is 11.5. The molecule has 0 amide bonds. The highest BCUT2D eigenvalue weighted by Crippen LogP contribution is 2.17. The molecule has 2 aliphatic rings. The van der Waals surface area contributed by atoms with Crippen LogP contribution in [-0.4, -0.2) is 49.8 Å². The predicted octanol–water partition coefficient (Wildman–Crippen LogP) is 1.88. The zero-order valence-electron chi connectivity index (χ0n) is 11.5. The molecule has 2 rings (SSSR count). The monoisotopic (exact) mass is 240 g/mol. The van der Waals surface area contributed by atoms with E-state index in [1.807, 2.05) is 0 Å². The summed E-state index contributed by atoms with van der Waals surface area (Å²) in [6.45, 7) is 10.4. The number of nitrogens with zero attached hydrogens (tertiary/aromatic N) is 1. The molecule has 2 saturated heterocycles. The summed E-state index contributed by atoms with van der Waals surface area (Å²) in [7, 11) is 0. The molecule has 3 nitrogen and oxygen atoms in total. The van der Waals surface area contributed by atoms with E-state index in [4.69, 9.17) is 4.74 Å². The summed E-state index contributed by atoms with van der Waals surface area (Å²) in [5.74, 6) is 0.741. The van der Waals surface area contributed by atoms with Gasteiger partial charge in [0.15, 0.2) is 0 Å². The van der Waals surface area contributed by atoms with Crippen molar-refractivity contribution < 1.29 is 4.74 Å². The number of nitrogens with one attached hydrogen (secondary N) is 1.